The van der Waals surface area contributed by atoms with E-state index in [9.17, 15) is 4.79 Å². The van der Waals surface area contributed by atoms with Gasteiger partial charge in [-0.2, -0.15) is 0 Å². The molecule has 7 nitrogen and oxygen atoms in total. The van der Waals surface area contributed by atoms with Gasteiger partial charge in [0.05, 0.1) is 18.4 Å². The van der Waals surface area contributed by atoms with Crippen LogP contribution >= 0.6 is 0 Å². The fraction of sp³-hybridized carbons (Fsp3) is 0.100. The van der Waals surface area contributed by atoms with E-state index in [4.69, 9.17) is 14.6 Å². The lowest BCUT2D eigenvalue weighted by molar-refractivity contribution is -0.112. The lowest BCUT2D eigenvalue weighted by Crippen LogP contribution is -2.06. The smallest absolute Gasteiger partial charge is 0.226 e. The first-order valence-corrected chi connectivity index (χ1v) is 8.42. The molecule has 7 heteroatoms. The molecule has 136 valence electrons. The van der Waals surface area contributed by atoms with Crippen molar-refractivity contribution in [3.8, 4) is 5.75 Å². The number of hydrogen-bond acceptors (Lipinski definition) is 6. The molecule has 0 radical (unpaired) electrons. The zero-order valence-electron chi connectivity index (χ0n) is 14.3. The number of benzene rings is 1. The van der Waals surface area contributed by atoms with Crippen molar-refractivity contribution in [2.45, 2.75) is 0 Å². The van der Waals surface area contributed by atoms with Crippen LogP contribution in [0, 0.1) is 0 Å². The number of allylic oxidation sites excluding steroid dienone is 1. The van der Waals surface area contributed by atoms with E-state index in [2.05, 4.69) is 15.3 Å². The Bertz CT molecular complexity index is 1050. The second-order valence-corrected chi connectivity index (χ2v) is 5.82. The summed E-state index contributed by atoms with van der Waals surface area (Å²) in [5.74, 6) is 0.855. The topological polar surface area (TPSA) is 96.5 Å². The van der Waals surface area contributed by atoms with Crippen molar-refractivity contribution in [2.24, 2.45) is 0 Å². The molecule has 3 N–H and O–H groups in total. The average Bonchev–Trinajstić information content (AvgIpc) is 3.25. The standard InChI is InChI=1S/C20H17N3O4/c24-8-9-26-17-6-2-1-5-15(17)23-19-11-16(25)18(27-19)10-13-12-22-20-14(13)4-3-7-21-20/h1-7,10-12,23-24H,8-9H2,(H,21,22). The molecule has 0 saturated carbocycles. The molecule has 1 aliphatic rings. The largest absolute Gasteiger partial charge is 0.489 e. The van der Waals surface area contributed by atoms with Gasteiger partial charge in [0.1, 0.15) is 18.0 Å². The van der Waals surface area contributed by atoms with E-state index in [1.54, 1.807) is 30.6 Å². The van der Waals surface area contributed by atoms with Crippen LogP contribution in [0.15, 0.2) is 66.5 Å². The minimum absolute atomic E-state index is 0.0849. The SMILES string of the molecule is O=C1C=C(Nc2ccccc2OCCO)OC1=Cc1c[nH]c2ncccc12. The van der Waals surface area contributed by atoms with Gasteiger partial charge < -0.3 is 24.9 Å². The molecule has 0 saturated heterocycles. The van der Waals surface area contributed by atoms with Crippen molar-refractivity contribution in [1.82, 2.24) is 9.97 Å². The molecule has 0 spiro atoms. The van der Waals surface area contributed by atoms with Crippen molar-refractivity contribution in [3.63, 3.8) is 0 Å². The molecule has 1 aliphatic heterocycles. The maximum absolute atomic E-state index is 12.3. The molecule has 0 amide bonds. The molecule has 0 atom stereocenters. The Labute approximate surface area is 155 Å². The number of aliphatic hydroxyl groups excluding tert-OH is 1. The normalized spacial score (nSPS) is 15.1. The summed E-state index contributed by atoms with van der Waals surface area (Å²) >= 11 is 0. The van der Waals surface area contributed by atoms with Crippen LogP contribution in [0.5, 0.6) is 5.75 Å². The molecule has 4 rings (SSSR count). The van der Waals surface area contributed by atoms with E-state index in [0.717, 1.165) is 16.6 Å². The van der Waals surface area contributed by atoms with Crippen LogP contribution in [0.25, 0.3) is 17.1 Å². The molecular weight excluding hydrogens is 346 g/mol. The van der Waals surface area contributed by atoms with E-state index in [1.807, 2.05) is 24.3 Å². The number of carbonyl (C=O) groups excluding carboxylic acids is 1. The highest BCUT2D eigenvalue weighted by atomic mass is 16.5. The minimum atomic E-state index is -0.232. The Morgan fingerprint density at radius 1 is 1.26 bits per heavy atom. The van der Waals surface area contributed by atoms with Gasteiger partial charge in [-0.15, -0.1) is 0 Å². The third kappa shape index (κ3) is 3.54. The number of ether oxygens (including phenoxy) is 2. The Balaban J connectivity index is 1.53. The van der Waals surface area contributed by atoms with Crippen LogP contribution in [0.4, 0.5) is 5.69 Å². The average molecular weight is 363 g/mol. The van der Waals surface area contributed by atoms with Gasteiger partial charge in [0.25, 0.3) is 0 Å². The number of hydrogen-bond donors (Lipinski definition) is 3. The summed E-state index contributed by atoms with van der Waals surface area (Å²) < 4.78 is 11.2. The second kappa shape index (κ2) is 7.35. The summed E-state index contributed by atoms with van der Waals surface area (Å²) in [6.07, 6.45) is 6.56. The second-order valence-electron chi connectivity index (χ2n) is 5.82. The highest BCUT2D eigenvalue weighted by molar-refractivity contribution is 6.09. The van der Waals surface area contributed by atoms with Gasteiger partial charge in [-0.05, 0) is 30.3 Å². The van der Waals surface area contributed by atoms with Crippen LogP contribution in [0.1, 0.15) is 5.56 Å². The van der Waals surface area contributed by atoms with Gasteiger partial charge >= 0.3 is 0 Å². The molecule has 3 heterocycles. The molecule has 1 aromatic carbocycles. The minimum Gasteiger partial charge on any atom is -0.489 e. The third-order valence-corrected chi connectivity index (χ3v) is 3.99. The fourth-order valence-electron chi connectivity index (χ4n) is 2.77. The molecular formula is C20H17N3O4. The Morgan fingerprint density at radius 3 is 3.04 bits per heavy atom. The Kier molecular flexibility index (Phi) is 4.59. The number of carbonyl (C=O) groups is 1. The summed E-state index contributed by atoms with van der Waals surface area (Å²) in [4.78, 5) is 19.6. The van der Waals surface area contributed by atoms with E-state index in [1.165, 1.54) is 6.08 Å². The lowest BCUT2D eigenvalue weighted by atomic mass is 10.2. The van der Waals surface area contributed by atoms with E-state index >= 15 is 0 Å². The van der Waals surface area contributed by atoms with E-state index in [0.29, 0.717) is 17.3 Å². The molecule has 0 bridgehead atoms. The van der Waals surface area contributed by atoms with E-state index < -0.39 is 0 Å². The molecule has 2 aromatic heterocycles. The van der Waals surface area contributed by atoms with Crippen molar-refractivity contribution < 1.29 is 19.4 Å². The summed E-state index contributed by atoms with van der Waals surface area (Å²) in [6, 6.07) is 11.0. The van der Waals surface area contributed by atoms with Crippen LogP contribution in [0.2, 0.25) is 0 Å². The number of pyridine rings is 1. The van der Waals surface area contributed by atoms with Gasteiger partial charge in [-0.1, -0.05) is 12.1 Å². The highest BCUT2D eigenvalue weighted by Crippen LogP contribution is 2.29. The number of ketones is 1. The zero-order chi connectivity index (χ0) is 18.6. The number of aliphatic hydroxyl groups is 1. The highest BCUT2D eigenvalue weighted by Gasteiger charge is 2.22. The zero-order valence-corrected chi connectivity index (χ0v) is 14.3. The number of anilines is 1. The molecule has 0 unspecified atom stereocenters. The summed E-state index contributed by atoms with van der Waals surface area (Å²) in [5.41, 5.74) is 2.21. The number of aromatic nitrogens is 2. The van der Waals surface area contributed by atoms with Gasteiger partial charge in [0.2, 0.25) is 11.7 Å². The predicted molar refractivity (Wildman–Crippen MR) is 101 cm³/mol. The van der Waals surface area contributed by atoms with Crippen molar-refractivity contribution in [2.75, 3.05) is 18.5 Å². The molecule has 0 aliphatic carbocycles. The number of H-pyrrole nitrogens is 1. The van der Waals surface area contributed by atoms with Gasteiger partial charge in [0, 0.05) is 23.3 Å². The number of rotatable bonds is 6. The first-order valence-electron chi connectivity index (χ1n) is 8.42. The van der Waals surface area contributed by atoms with Crippen molar-refractivity contribution in [3.05, 3.63) is 72.1 Å². The summed E-state index contributed by atoms with van der Waals surface area (Å²) in [6.45, 7) is 0.0929. The number of nitrogens with zero attached hydrogens (tertiary/aromatic N) is 1. The van der Waals surface area contributed by atoms with Crippen molar-refractivity contribution >= 4 is 28.6 Å². The first-order chi connectivity index (χ1) is 13.2. The van der Waals surface area contributed by atoms with Gasteiger partial charge in [0.15, 0.2) is 5.76 Å². The monoisotopic (exact) mass is 363 g/mol. The van der Waals surface area contributed by atoms with Gasteiger partial charge in [-0.25, -0.2) is 4.98 Å². The van der Waals surface area contributed by atoms with Crippen LogP contribution < -0.4 is 10.1 Å². The van der Waals surface area contributed by atoms with Crippen LogP contribution in [-0.4, -0.2) is 34.1 Å². The third-order valence-electron chi connectivity index (χ3n) is 3.99. The number of nitrogens with one attached hydrogen (secondary N) is 2. The maximum atomic E-state index is 12.3. The number of aromatic amines is 1. The van der Waals surface area contributed by atoms with Crippen LogP contribution in [0.3, 0.4) is 0 Å². The predicted octanol–water partition coefficient (Wildman–Crippen LogP) is 2.83. The molecule has 0 fully saturated rings. The number of para-hydroxylation sites is 2. The number of fused-ring (bicyclic) bond motifs is 1. The van der Waals surface area contributed by atoms with Gasteiger partial charge in [-0.3, -0.25) is 4.79 Å². The fourth-order valence-corrected chi connectivity index (χ4v) is 2.77. The quantitative estimate of drug-likeness (QED) is 0.583. The Morgan fingerprint density at radius 2 is 2.15 bits per heavy atom. The maximum Gasteiger partial charge on any atom is 0.226 e. The van der Waals surface area contributed by atoms with Crippen LogP contribution in [-0.2, 0) is 9.53 Å². The summed E-state index contributed by atoms with van der Waals surface area (Å²) in [5, 5.41) is 12.9. The lowest BCUT2D eigenvalue weighted by Gasteiger charge is -2.12. The molecule has 27 heavy (non-hydrogen) atoms. The van der Waals surface area contributed by atoms with E-state index in [-0.39, 0.29) is 24.8 Å². The molecule has 3 aromatic rings. The first kappa shape index (κ1) is 16.9. The summed E-state index contributed by atoms with van der Waals surface area (Å²) in [7, 11) is 0. The van der Waals surface area contributed by atoms with Crippen molar-refractivity contribution in [1.29, 1.82) is 0 Å². The Hall–Kier alpha value is -3.58.